The first-order valence-corrected chi connectivity index (χ1v) is 4.84. The van der Waals surface area contributed by atoms with Crippen LogP contribution < -0.4 is 5.32 Å². The normalized spacial score (nSPS) is 10.0. The highest BCUT2D eigenvalue weighted by molar-refractivity contribution is 7.15. The molecule has 4 nitrogen and oxygen atoms in total. The summed E-state index contributed by atoms with van der Waals surface area (Å²) in [7, 11) is 0. The number of aryl methyl sites for hydroxylation is 1. The number of carbonyl (C=O) groups is 1. The Morgan fingerprint density at radius 1 is 1.77 bits per heavy atom. The van der Waals surface area contributed by atoms with Crippen LogP contribution in [-0.4, -0.2) is 24.1 Å². The highest BCUT2D eigenvalue weighted by atomic mass is 32.1. The highest BCUT2D eigenvalue weighted by Gasteiger charge is 2.04. The molecule has 0 spiro atoms. The molecule has 1 aromatic heterocycles. The Morgan fingerprint density at radius 2 is 2.54 bits per heavy atom. The number of rotatable bonds is 4. The fourth-order valence-corrected chi connectivity index (χ4v) is 1.44. The molecule has 0 aliphatic rings. The van der Waals surface area contributed by atoms with Crippen molar-refractivity contribution in [2.75, 3.05) is 18.5 Å². The van der Waals surface area contributed by atoms with Crippen molar-refractivity contribution in [1.29, 1.82) is 0 Å². The molecule has 1 heterocycles. The van der Waals surface area contributed by atoms with Crippen LogP contribution in [-0.2, 0) is 9.53 Å². The quantitative estimate of drug-likeness (QED) is 0.799. The summed E-state index contributed by atoms with van der Waals surface area (Å²) in [5.41, 5.74) is 0. The minimum absolute atomic E-state index is 0.0924. The molecule has 0 aromatic carbocycles. The molecule has 0 saturated carbocycles. The molecule has 1 amide bonds. The van der Waals surface area contributed by atoms with Gasteiger partial charge in [-0.05, 0) is 13.8 Å². The molecule has 0 radical (unpaired) electrons. The Labute approximate surface area is 80.9 Å². The largest absolute Gasteiger partial charge is 0.372 e. The lowest BCUT2D eigenvalue weighted by Crippen LogP contribution is -2.17. The molecule has 5 heteroatoms. The van der Waals surface area contributed by atoms with Crippen molar-refractivity contribution in [3.05, 3.63) is 11.1 Å². The number of nitrogens with zero attached hydrogens (tertiary/aromatic N) is 1. The molecule has 0 aliphatic heterocycles. The van der Waals surface area contributed by atoms with Gasteiger partial charge in [-0.15, -0.1) is 11.3 Å². The van der Waals surface area contributed by atoms with Crippen molar-refractivity contribution in [2.45, 2.75) is 13.8 Å². The summed E-state index contributed by atoms with van der Waals surface area (Å²) in [4.78, 5) is 16.2. The molecule has 0 fully saturated rings. The summed E-state index contributed by atoms with van der Waals surface area (Å²) in [5, 5.41) is 3.27. The molecular formula is C8H12N2O2S. The first-order valence-electron chi connectivity index (χ1n) is 4.02. The Hall–Kier alpha value is -0.940. The smallest absolute Gasteiger partial charge is 0.252 e. The molecule has 13 heavy (non-hydrogen) atoms. The van der Waals surface area contributed by atoms with Gasteiger partial charge < -0.3 is 4.74 Å². The van der Waals surface area contributed by atoms with Gasteiger partial charge in [0.25, 0.3) is 5.91 Å². The monoisotopic (exact) mass is 200 g/mol. The van der Waals surface area contributed by atoms with Gasteiger partial charge in [0.1, 0.15) is 6.61 Å². The van der Waals surface area contributed by atoms with Crippen molar-refractivity contribution < 1.29 is 9.53 Å². The molecule has 72 valence electrons. The number of aromatic nitrogens is 1. The summed E-state index contributed by atoms with van der Waals surface area (Å²) in [5.74, 6) is -0.156. The van der Waals surface area contributed by atoms with Crippen LogP contribution in [0.15, 0.2) is 6.20 Å². The number of carbonyl (C=O) groups excluding carboxylic acids is 1. The van der Waals surface area contributed by atoms with Crippen LogP contribution in [0.5, 0.6) is 0 Å². The summed E-state index contributed by atoms with van der Waals surface area (Å²) < 4.78 is 4.94. The lowest BCUT2D eigenvalue weighted by molar-refractivity contribution is -0.120. The zero-order chi connectivity index (χ0) is 9.68. The average molecular weight is 200 g/mol. The van der Waals surface area contributed by atoms with E-state index in [4.69, 9.17) is 4.74 Å². The van der Waals surface area contributed by atoms with Gasteiger partial charge in [-0.1, -0.05) is 0 Å². The predicted molar refractivity (Wildman–Crippen MR) is 52.0 cm³/mol. The molecular weight excluding hydrogens is 188 g/mol. The van der Waals surface area contributed by atoms with Crippen LogP contribution >= 0.6 is 11.3 Å². The Bertz CT molecular complexity index is 285. The third-order valence-corrected chi connectivity index (χ3v) is 2.13. The molecule has 0 bridgehead atoms. The standard InChI is InChI=1S/C8H12N2O2S/c1-3-12-5-7(11)10-8-9-4-6(2)13-8/h4H,3,5H2,1-2H3,(H,9,10,11). The maximum Gasteiger partial charge on any atom is 0.252 e. The minimum Gasteiger partial charge on any atom is -0.372 e. The third kappa shape index (κ3) is 3.52. The van der Waals surface area contributed by atoms with E-state index in [1.54, 1.807) is 6.20 Å². The van der Waals surface area contributed by atoms with E-state index < -0.39 is 0 Å². The average Bonchev–Trinajstić information content (AvgIpc) is 2.48. The molecule has 0 aliphatic carbocycles. The summed E-state index contributed by atoms with van der Waals surface area (Å²) in [6.45, 7) is 4.43. The lowest BCUT2D eigenvalue weighted by Gasteiger charge is -2.00. The van der Waals surface area contributed by atoms with E-state index >= 15 is 0 Å². The summed E-state index contributed by atoms with van der Waals surface area (Å²) in [6.07, 6.45) is 1.72. The highest BCUT2D eigenvalue weighted by Crippen LogP contribution is 2.15. The SMILES string of the molecule is CCOCC(=O)Nc1ncc(C)s1. The Kier molecular flexibility index (Phi) is 3.85. The van der Waals surface area contributed by atoms with Gasteiger partial charge in [0.2, 0.25) is 0 Å². The lowest BCUT2D eigenvalue weighted by atomic mass is 10.6. The van der Waals surface area contributed by atoms with Gasteiger partial charge in [-0.2, -0.15) is 0 Å². The number of nitrogens with one attached hydrogen (secondary N) is 1. The fourth-order valence-electron chi connectivity index (χ4n) is 0.763. The Balaban J connectivity index is 2.36. The summed E-state index contributed by atoms with van der Waals surface area (Å²) in [6, 6.07) is 0. The van der Waals surface area contributed by atoms with Crippen molar-refractivity contribution in [3.8, 4) is 0 Å². The van der Waals surface area contributed by atoms with Crippen LogP contribution in [0, 0.1) is 6.92 Å². The topological polar surface area (TPSA) is 51.2 Å². The van der Waals surface area contributed by atoms with Crippen molar-refractivity contribution in [1.82, 2.24) is 4.98 Å². The van der Waals surface area contributed by atoms with Gasteiger partial charge in [-0.25, -0.2) is 4.98 Å². The van der Waals surface area contributed by atoms with E-state index in [1.165, 1.54) is 11.3 Å². The number of ether oxygens (including phenoxy) is 1. The maximum absolute atomic E-state index is 11.1. The van der Waals surface area contributed by atoms with Gasteiger partial charge in [0.05, 0.1) is 0 Å². The zero-order valence-corrected chi connectivity index (χ0v) is 8.48. The van der Waals surface area contributed by atoms with E-state index in [0.29, 0.717) is 11.7 Å². The fraction of sp³-hybridized carbons (Fsp3) is 0.500. The zero-order valence-electron chi connectivity index (χ0n) is 7.66. The second-order valence-electron chi connectivity index (χ2n) is 2.46. The molecule has 0 saturated heterocycles. The van der Waals surface area contributed by atoms with Crippen LogP contribution in [0.1, 0.15) is 11.8 Å². The molecule has 0 unspecified atom stereocenters. The molecule has 0 atom stereocenters. The number of anilines is 1. The predicted octanol–water partition coefficient (Wildman–Crippen LogP) is 1.43. The van der Waals surface area contributed by atoms with Gasteiger partial charge in [-0.3, -0.25) is 10.1 Å². The summed E-state index contributed by atoms with van der Waals surface area (Å²) >= 11 is 1.45. The molecule has 1 rings (SSSR count). The minimum atomic E-state index is -0.156. The van der Waals surface area contributed by atoms with Gasteiger partial charge >= 0.3 is 0 Å². The number of thiazole rings is 1. The maximum atomic E-state index is 11.1. The van der Waals surface area contributed by atoms with E-state index in [-0.39, 0.29) is 12.5 Å². The molecule has 1 N–H and O–H groups in total. The van der Waals surface area contributed by atoms with Crippen LogP contribution in [0.25, 0.3) is 0 Å². The van der Waals surface area contributed by atoms with Gasteiger partial charge in [0, 0.05) is 17.7 Å². The second kappa shape index (κ2) is 4.94. The van der Waals surface area contributed by atoms with Crippen molar-refractivity contribution in [3.63, 3.8) is 0 Å². The van der Waals surface area contributed by atoms with Crippen LogP contribution in [0.3, 0.4) is 0 Å². The van der Waals surface area contributed by atoms with Crippen LogP contribution in [0.4, 0.5) is 5.13 Å². The number of hydrogen-bond acceptors (Lipinski definition) is 4. The van der Waals surface area contributed by atoms with Crippen LogP contribution in [0.2, 0.25) is 0 Å². The number of amides is 1. The van der Waals surface area contributed by atoms with E-state index in [0.717, 1.165) is 4.88 Å². The van der Waals surface area contributed by atoms with Crippen molar-refractivity contribution in [2.24, 2.45) is 0 Å². The third-order valence-electron chi connectivity index (χ3n) is 1.30. The molecule has 1 aromatic rings. The Morgan fingerprint density at radius 3 is 3.08 bits per heavy atom. The van der Waals surface area contributed by atoms with E-state index in [2.05, 4.69) is 10.3 Å². The van der Waals surface area contributed by atoms with E-state index in [1.807, 2.05) is 13.8 Å². The number of hydrogen-bond donors (Lipinski definition) is 1. The van der Waals surface area contributed by atoms with E-state index in [9.17, 15) is 4.79 Å². The second-order valence-corrected chi connectivity index (χ2v) is 3.70. The van der Waals surface area contributed by atoms with Crippen molar-refractivity contribution >= 4 is 22.4 Å². The first-order chi connectivity index (χ1) is 6.22. The first kappa shape index (κ1) is 10.1. The van der Waals surface area contributed by atoms with Gasteiger partial charge in [0.15, 0.2) is 5.13 Å².